The number of hydrogen-bond acceptors (Lipinski definition) is 5. The van der Waals surface area contributed by atoms with Crippen LogP contribution in [0.1, 0.15) is 0 Å². The summed E-state index contributed by atoms with van der Waals surface area (Å²) >= 11 is 0. The number of furan rings is 1. The number of rotatable bonds is 7. The fourth-order valence-corrected chi connectivity index (χ4v) is 9.45. The molecule has 0 bridgehead atoms. The van der Waals surface area contributed by atoms with E-state index < -0.39 is 0 Å². The van der Waals surface area contributed by atoms with Gasteiger partial charge in [0, 0.05) is 32.8 Å². The van der Waals surface area contributed by atoms with Crippen molar-refractivity contribution in [2.45, 2.75) is 0 Å². The lowest BCUT2D eigenvalue weighted by Gasteiger charge is -2.14. The number of hydrogen-bond donors (Lipinski definition) is 0. The Morgan fingerprint density at radius 3 is 1.74 bits per heavy atom. The highest BCUT2D eigenvalue weighted by atomic mass is 16.3. The van der Waals surface area contributed by atoms with Gasteiger partial charge in [-0.2, -0.15) is 9.97 Å². The first-order chi connectivity index (χ1) is 32.2. The van der Waals surface area contributed by atoms with E-state index in [0.717, 1.165) is 99.7 Å². The van der Waals surface area contributed by atoms with Crippen molar-refractivity contribution in [2.75, 3.05) is 0 Å². The molecule has 13 aromatic rings. The number of para-hydroxylation sites is 5. The Hall–Kier alpha value is -8.94. The zero-order chi connectivity index (χ0) is 42.8. The molecule has 0 saturated heterocycles. The zero-order valence-electron chi connectivity index (χ0n) is 34.9. The topological polar surface area (TPSA) is 74.6 Å². The van der Waals surface area contributed by atoms with Gasteiger partial charge in [-0.25, -0.2) is 9.97 Å². The van der Waals surface area contributed by atoms with Gasteiger partial charge in [0.15, 0.2) is 11.6 Å². The molecule has 0 atom stereocenters. The number of nitrogens with zero attached hydrogens (tertiary/aromatic N) is 6. The number of aromatic nitrogens is 6. The molecule has 7 heteroatoms. The summed E-state index contributed by atoms with van der Waals surface area (Å²) in [5.74, 6) is 2.38. The van der Waals surface area contributed by atoms with E-state index in [0.29, 0.717) is 23.2 Å². The van der Waals surface area contributed by atoms with Crippen LogP contribution in [0.5, 0.6) is 0 Å². The highest BCUT2D eigenvalue weighted by molar-refractivity contribution is 6.15. The quantitative estimate of drug-likeness (QED) is 0.160. The molecule has 0 N–H and O–H groups in total. The second-order valence-electron chi connectivity index (χ2n) is 16.2. The van der Waals surface area contributed by atoms with Crippen LogP contribution in [0, 0.1) is 0 Å². The minimum Gasteiger partial charge on any atom is -0.454 e. The normalized spacial score (nSPS) is 11.7. The van der Waals surface area contributed by atoms with Crippen LogP contribution in [0.2, 0.25) is 0 Å². The summed E-state index contributed by atoms with van der Waals surface area (Å²) in [4.78, 5) is 21.2. The first-order valence-corrected chi connectivity index (χ1v) is 21.7. The van der Waals surface area contributed by atoms with Gasteiger partial charge in [-0.3, -0.25) is 9.13 Å². The third-order valence-electron chi connectivity index (χ3n) is 12.4. The Bertz CT molecular complexity index is 3930. The first kappa shape index (κ1) is 36.7. The van der Waals surface area contributed by atoms with Crippen molar-refractivity contribution in [3.63, 3.8) is 0 Å². The lowest BCUT2D eigenvalue weighted by molar-refractivity contribution is 0.670. The molecular formula is C58H36N6O. The Morgan fingerprint density at radius 2 is 0.954 bits per heavy atom. The number of fused-ring (bicyclic) bond motifs is 7. The molecule has 4 heterocycles. The Morgan fingerprint density at radius 1 is 0.338 bits per heavy atom. The van der Waals surface area contributed by atoms with E-state index in [9.17, 15) is 0 Å². The maximum absolute atomic E-state index is 7.28. The molecule has 9 aromatic carbocycles. The van der Waals surface area contributed by atoms with Crippen LogP contribution in [-0.2, 0) is 0 Å². The zero-order valence-corrected chi connectivity index (χ0v) is 34.9. The molecule has 0 radical (unpaired) electrons. The molecule has 0 saturated carbocycles. The third kappa shape index (κ3) is 5.98. The molecule has 0 aliphatic heterocycles. The molecule has 0 aliphatic carbocycles. The van der Waals surface area contributed by atoms with E-state index in [4.69, 9.17) is 24.4 Å². The minimum absolute atomic E-state index is 0.506. The largest absolute Gasteiger partial charge is 0.454 e. The Labute approximate surface area is 373 Å². The van der Waals surface area contributed by atoms with E-state index in [1.165, 1.54) is 0 Å². The van der Waals surface area contributed by atoms with E-state index in [-0.39, 0.29) is 0 Å². The van der Waals surface area contributed by atoms with E-state index in [2.05, 4.69) is 167 Å². The van der Waals surface area contributed by atoms with Gasteiger partial charge >= 0.3 is 0 Å². The predicted octanol–water partition coefficient (Wildman–Crippen LogP) is 14.5. The van der Waals surface area contributed by atoms with Gasteiger partial charge in [-0.05, 0) is 76.9 Å². The van der Waals surface area contributed by atoms with Crippen molar-refractivity contribution >= 4 is 54.8 Å². The highest BCUT2D eigenvalue weighted by Gasteiger charge is 2.26. The lowest BCUT2D eigenvalue weighted by Crippen LogP contribution is -2.06. The molecule has 13 rings (SSSR count). The lowest BCUT2D eigenvalue weighted by atomic mass is 9.96. The van der Waals surface area contributed by atoms with Crippen molar-refractivity contribution in [1.82, 2.24) is 29.1 Å². The smallest absolute Gasteiger partial charge is 0.238 e. The molecule has 0 amide bonds. The molecule has 304 valence electrons. The Balaban J connectivity index is 1.08. The number of benzene rings is 9. The highest BCUT2D eigenvalue weighted by Crippen LogP contribution is 2.45. The average molecular weight is 833 g/mol. The van der Waals surface area contributed by atoms with E-state index in [1.807, 2.05) is 60.7 Å². The molecule has 0 fully saturated rings. The van der Waals surface area contributed by atoms with Gasteiger partial charge < -0.3 is 4.42 Å². The van der Waals surface area contributed by atoms with Gasteiger partial charge in [0.25, 0.3) is 0 Å². The molecule has 0 unspecified atom stereocenters. The summed E-state index contributed by atoms with van der Waals surface area (Å²) in [7, 11) is 0. The van der Waals surface area contributed by atoms with Crippen LogP contribution in [0.4, 0.5) is 0 Å². The fourth-order valence-electron chi connectivity index (χ4n) is 9.45. The second-order valence-corrected chi connectivity index (χ2v) is 16.2. The second kappa shape index (κ2) is 14.9. The summed E-state index contributed by atoms with van der Waals surface area (Å²) in [5, 5.41) is 4.16. The van der Waals surface area contributed by atoms with Gasteiger partial charge in [0.1, 0.15) is 17.0 Å². The van der Waals surface area contributed by atoms with Gasteiger partial charge in [0.2, 0.25) is 5.95 Å². The van der Waals surface area contributed by atoms with Crippen molar-refractivity contribution in [2.24, 2.45) is 0 Å². The van der Waals surface area contributed by atoms with Crippen molar-refractivity contribution in [3.8, 4) is 68.1 Å². The first-order valence-electron chi connectivity index (χ1n) is 21.7. The standard InChI is InChI=1S/C58H36N6O/c1-5-18-37(19-6-1)40-32-35-50-47(36-40)43-26-13-15-30-49(43)64(50)58-61-55(39-22-9-3-10-23-39)60-56(62-58)46-28-17-27-44-45-34-33-42(38-20-7-2-8-21-38)52(54(45)65-53(44)46)57-59-48-29-14-16-31-51(48)63(57)41-24-11-4-12-25-41/h1-36H. The number of imidazole rings is 1. The maximum atomic E-state index is 7.28. The SMILES string of the molecule is c1ccc(-c2ccc3c(c2)c2ccccc2n3-c2nc(-c3ccccc3)nc(-c3cccc4c3oc3c(-c5nc6ccccc6n5-c5ccccc5)c(-c5ccccc5)ccc34)n2)cc1. The van der Waals surface area contributed by atoms with Crippen molar-refractivity contribution in [1.29, 1.82) is 0 Å². The van der Waals surface area contributed by atoms with Gasteiger partial charge in [-0.15, -0.1) is 0 Å². The van der Waals surface area contributed by atoms with E-state index in [1.54, 1.807) is 0 Å². The molecular weight excluding hydrogens is 797 g/mol. The van der Waals surface area contributed by atoms with E-state index >= 15 is 0 Å². The summed E-state index contributed by atoms with van der Waals surface area (Å²) < 4.78 is 11.7. The summed E-state index contributed by atoms with van der Waals surface area (Å²) in [5.41, 5.74) is 13.3. The average Bonchev–Trinajstić information content (AvgIpc) is 4.07. The molecule has 7 nitrogen and oxygen atoms in total. The van der Waals surface area contributed by atoms with Crippen LogP contribution in [0.3, 0.4) is 0 Å². The van der Waals surface area contributed by atoms with Crippen molar-refractivity contribution in [3.05, 3.63) is 218 Å². The van der Waals surface area contributed by atoms with Crippen molar-refractivity contribution < 1.29 is 4.42 Å². The monoisotopic (exact) mass is 832 g/mol. The summed E-state index contributed by atoms with van der Waals surface area (Å²) in [6.45, 7) is 0. The van der Waals surface area contributed by atoms with Crippen LogP contribution in [-0.4, -0.2) is 29.1 Å². The van der Waals surface area contributed by atoms with Crippen LogP contribution in [0.25, 0.3) is 123 Å². The molecule has 0 spiro atoms. The Kier molecular flexibility index (Phi) is 8.39. The van der Waals surface area contributed by atoms with Crippen LogP contribution in [0.15, 0.2) is 223 Å². The predicted molar refractivity (Wildman–Crippen MR) is 263 cm³/mol. The molecule has 65 heavy (non-hydrogen) atoms. The summed E-state index contributed by atoms with van der Waals surface area (Å²) in [6, 6.07) is 75.5. The van der Waals surface area contributed by atoms with Gasteiger partial charge in [0.05, 0.1) is 33.2 Å². The molecule has 0 aliphatic rings. The molecule has 4 aromatic heterocycles. The fraction of sp³-hybridized carbons (Fsp3) is 0. The minimum atomic E-state index is 0.506. The van der Waals surface area contributed by atoms with Crippen LogP contribution < -0.4 is 0 Å². The van der Waals surface area contributed by atoms with Gasteiger partial charge in [-0.1, -0.05) is 164 Å². The third-order valence-corrected chi connectivity index (χ3v) is 12.4. The van der Waals surface area contributed by atoms with Crippen LogP contribution >= 0.6 is 0 Å². The maximum Gasteiger partial charge on any atom is 0.238 e. The summed E-state index contributed by atoms with van der Waals surface area (Å²) in [6.07, 6.45) is 0.